The van der Waals surface area contributed by atoms with Crippen LogP contribution in [-0.4, -0.2) is 29.9 Å². The summed E-state index contributed by atoms with van der Waals surface area (Å²) in [5.74, 6) is 0.302. The Labute approximate surface area is 121 Å². The van der Waals surface area contributed by atoms with Crippen molar-refractivity contribution in [3.63, 3.8) is 0 Å². The molecule has 1 amide bonds. The first-order chi connectivity index (χ1) is 9.61. The fraction of sp³-hybridized carbons (Fsp3) is 0.588. The highest BCUT2D eigenvalue weighted by atomic mass is 16.2. The number of carbonyl (C=O) groups excluding carboxylic acids is 1. The van der Waals surface area contributed by atoms with Crippen molar-refractivity contribution >= 4 is 5.91 Å². The predicted molar refractivity (Wildman–Crippen MR) is 80.5 cm³/mol. The molecule has 0 spiro atoms. The average Bonchev–Trinajstić information content (AvgIpc) is 2.48. The quantitative estimate of drug-likeness (QED) is 0.852. The number of nitrogens with zero attached hydrogens (tertiary/aromatic N) is 1. The minimum Gasteiger partial charge on any atom is -0.342 e. The van der Waals surface area contributed by atoms with Gasteiger partial charge in [-0.05, 0) is 50.2 Å². The topological polar surface area (TPSA) is 46.3 Å². The van der Waals surface area contributed by atoms with Crippen molar-refractivity contribution in [1.29, 1.82) is 0 Å². The van der Waals surface area contributed by atoms with Crippen LogP contribution in [0.3, 0.4) is 0 Å². The van der Waals surface area contributed by atoms with Crippen LogP contribution in [-0.2, 0) is 16.6 Å². The molecule has 3 rings (SSSR count). The van der Waals surface area contributed by atoms with E-state index in [4.69, 9.17) is 5.73 Å². The van der Waals surface area contributed by atoms with Gasteiger partial charge in [-0.3, -0.25) is 4.79 Å². The summed E-state index contributed by atoms with van der Waals surface area (Å²) in [5.41, 5.74) is 8.20. The third-order valence-corrected chi connectivity index (χ3v) is 5.03. The summed E-state index contributed by atoms with van der Waals surface area (Å²) in [5, 5.41) is 0. The van der Waals surface area contributed by atoms with Crippen molar-refractivity contribution in [2.75, 3.05) is 13.1 Å². The van der Waals surface area contributed by atoms with E-state index in [0.717, 1.165) is 45.2 Å². The van der Waals surface area contributed by atoms with Gasteiger partial charge < -0.3 is 10.6 Å². The van der Waals surface area contributed by atoms with E-state index in [1.54, 1.807) is 0 Å². The van der Waals surface area contributed by atoms with Gasteiger partial charge >= 0.3 is 0 Å². The maximum absolute atomic E-state index is 13.0. The molecule has 1 aromatic carbocycles. The fourth-order valence-electron chi connectivity index (χ4n) is 3.72. The average molecular weight is 272 g/mol. The van der Waals surface area contributed by atoms with E-state index in [1.807, 2.05) is 4.90 Å². The van der Waals surface area contributed by atoms with Crippen molar-refractivity contribution in [3.05, 3.63) is 35.4 Å². The summed E-state index contributed by atoms with van der Waals surface area (Å²) >= 11 is 0. The van der Waals surface area contributed by atoms with Crippen LogP contribution in [0.2, 0.25) is 0 Å². The maximum atomic E-state index is 13.0. The van der Waals surface area contributed by atoms with E-state index >= 15 is 0 Å². The lowest BCUT2D eigenvalue weighted by molar-refractivity contribution is -0.138. The molecule has 2 N–H and O–H groups in total. The highest BCUT2D eigenvalue weighted by Gasteiger charge is 2.41. The van der Waals surface area contributed by atoms with Gasteiger partial charge in [-0.15, -0.1) is 0 Å². The fourth-order valence-corrected chi connectivity index (χ4v) is 3.72. The molecule has 1 heterocycles. The van der Waals surface area contributed by atoms with Gasteiger partial charge in [0.2, 0.25) is 5.91 Å². The second kappa shape index (κ2) is 5.21. The number of hydrogen-bond acceptors (Lipinski definition) is 2. The summed E-state index contributed by atoms with van der Waals surface area (Å²) in [6.07, 6.45) is 5.04. The van der Waals surface area contributed by atoms with Crippen LogP contribution in [0, 0.1) is 0 Å². The summed E-state index contributed by atoms with van der Waals surface area (Å²) in [7, 11) is 0. The Bertz CT molecular complexity index is 505. The van der Waals surface area contributed by atoms with E-state index in [-0.39, 0.29) is 11.5 Å². The molecule has 0 radical (unpaired) electrons. The van der Waals surface area contributed by atoms with Crippen molar-refractivity contribution in [2.45, 2.75) is 50.5 Å². The summed E-state index contributed by atoms with van der Waals surface area (Å²) in [4.78, 5) is 15.1. The third-order valence-electron chi connectivity index (χ3n) is 5.03. The first kappa shape index (κ1) is 13.6. The Hall–Kier alpha value is -1.35. The van der Waals surface area contributed by atoms with Gasteiger partial charge in [0.25, 0.3) is 0 Å². The molecule has 1 saturated heterocycles. The zero-order valence-corrected chi connectivity index (χ0v) is 12.3. The minimum atomic E-state index is -0.337. The molecule has 20 heavy (non-hydrogen) atoms. The predicted octanol–water partition coefficient (Wildman–Crippen LogP) is 2.23. The van der Waals surface area contributed by atoms with Crippen LogP contribution in [0.1, 0.15) is 43.7 Å². The van der Waals surface area contributed by atoms with Crippen molar-refractivity contribution < 1.29 is 4.79 Å². The highest BCUT2D eigenvalue weighted by Crippen LogP contribution is 2.38. The maximum Gasteiger partial charge on any atom is 0.232 e. The lowest BCUT2D eigenvalue weighted by Gasteiger charge is -2.40. The molecule has 1 aliphatic heterocycles. The zero-order valence-electron chi connectivity index (χ0n) is 12.3. The molecular formula is C17H24N2O. The highest BCUT2D eigenvalue weighted by molar-refractivity contribution is 5.88. The number of benzene rings is 1. The first-order valence-corrected chi connectivity index (χ1v) is 7.74. The zero-order chi connectivity index (χ0) is 14.2. The molecule has 1 aromatic rings. The molecule has 3 heteroatoms. The van der Waals surface area contributed by atoms with Gasteiger partial charge in [0, 0.05) is 19.1 Å². The SMILES string of the molecule is CC1(C(=O)N2CCC(N)CC2)CCCc2ccccc21. The second-order valence-corrected chi connectivity index (χ2v) is 6.47. The Kier molecular flexibility index (Phi) is 3.55. The van der Waals surface area contributed by atoms with Gasteiger partial charge in [-0.1, -0.05) is 24.3 Å². The Morgan fingerprint density at radius 2 is 2.00 bits per heavy atom. The number of fused-ring (bicyclic) bond motifs is 1. The smallest absolute Gasteiger partial charge is 0.232 e. The lowest BCUT2D eigenvalue weighted by Crippen LogP contribution is -2.51. The van der Waals surface area contributed by atoms with Crippen molar-refractivity contribution in [2.24, 2.45) is 5.73 Å². The third kappa shape index (κ3) is 2.24. The molecule has 1 aliphatic carbocycles. The summed E-state index contributed by atoms with van der Waals surface area (Å²) in [6, 6.07) is 8.72. The van der Waals surface area contributed by atoms with Crippen molar-refractivity contribution in [1.82, 2.24) is 4.90 Å². The Morgan fingerprint density at radius 3 is 2.75 bits per heavy atom. The molecule has 1 fully saturated rings. The number of aryl methyl sites for hydroxylation is 1. The molecule has 0 bridgehead atoms. The summed E-state index contributed by atoms with van der Waals surface area (Å²) < 4.78 is 0. The molecule has 2 aliphatic rings. The first-order valence-electron chi connectivity index (χ1n) is 7.74. The van der Waals surface area contributed by atoms with E-state index in [9.17, 15) is 4.79 Å². The normalized spacial score (nSPS) is 27.2. The summed E-state index contributed by atoms with van der Waals surface area (Å²) in [6.45, 7) is 3.76. The van der Waals surface area contributed by atoms with Crippen LogP contribution < -0.4 is 5.73 Å². The second-order valence-electron chi connectivity index (χ2n) is 6.47. The molecule has 108 valence electrons. The molecule has 0 saturated carbocycles. The van der Waals surface area contributed by atoms with Gasteiger partial charge in [0.1, 0.15) is 0 Å². The van der Waals surface area contributed by atoms with E-state index in [2.05, 4.69) is 31.2 Å². The Morgan fingerprint density at radius 1 is 1.30 bits per heavy atom. The van der Waals surface area contributed by atoms with E-state index in [0.29, 0.717) is 5.91 Å². The number of nitrogens with two attached hydrogens (primary N) is 1. The molecule has 0 aromatic heterocycles. The largest absolute Gasteiger partial charge is 0.342 e. The van der Waals surface area contributed by atoms with Crippen LogP contribution in [0.4, 0.5) is 0 Å². The monoisotopic (exact) mass is 272 g/mol. The lowest BCUT2D eigenvalue weighted by atomic mass is 9.70. The van der Waals surface area contributed by atoms with E-state index < -0.39 is 0 Å². The van der Waals surface area contributed by atoms with Gasteiger partial charge in [-0.25, -0.2) is 0 Å². The standard InChI is InChI=1S/C17H24N2O/c1-17(16(20)19-11-8-14(18)9-12-19)10-4-6-13-5-2-3-7-15(13)17/h2-3,5,7,14H,4,6,8-12,18H2,1H3. The number of carbonyl (C=O) groups is 1. The van der Waals surface area contributed by atoms with Crippen LogP contribution in [0.15, 0.2) is 24.3 Å². The van der Waals surface area contributed by atoms with Crippen molar-refractivity contribution in [3.8, 4) is 0 Å². The number of hydrogen-bond donors (Lipinski definition) is 1. The van der Waals surface area contributed by atoms with Crippen LogP contribution >= 0.6 is 0 Å². The number of amides is 1. The van der Waals surface area contributed by atoms with Crippen LogP contribution in [0.5, 0.6) is 0 Å². The molecular weight excluding hydrogens is 248 g/mol. The Balaban J connectivity index is 1.87. The molecule has 1 atom stereocenters. The molecule has 1 unspecified atom stereocenters. The minimum absolute atomic E-state index is 0.269. The van der Waals surface area contributed by atoms with Gasteiger partial charge in [0.05, 0.1) is 5.41 Å². The molecule has 3 nitrogen and oxygen atoms in total. The van der Waals surface area contributed by atoms with E-state index in [1.165, 1.54) is 11.1 Å². The van der Waals surface area contributed by atoms with Crippen LogP contribution in [0.25, 0.3) is 0 Å². The number of piperidine rings is 1. The van der Waals surface area contributed by atoms with Gasteiger partial charge in [0.15, 0.2) is 0 Å². The van der Waals surface area contributed by atoms with Gasteiger partial charge in [-0.2, -0.15) is 0 Å². The number of likely N-dealkylation sites (tertiary alicyclic amines) is 1. The number of rotatable bonds is 1.